The van der Waals surface area contributed by atoms with Crippen LogP contribution in [-0.2, 0) is 16.8 Å². The number of rotatable bonds is 3. The van der Waals surface area contributed by atoms with Crippen LogP contribution in [0.1, 0.15) is 5.56 Å². The van der Waals surface area contributed by atoms with Crippen LogP contribution in [0.2, 0.25) is 5.02 Å². The zero-order valence-electron chi connectivity index (χ0n) is 10.2. The minimum Gasteiger partial charge on any atom is -0.296 e. The third kappa shape index (κ3) is 4.14. The van der Waals surface area contributed by atoms with E-state index in [0.29, 0.717) is 37.7 Å². The van der Waals surface area contributed by atoms with Crippen molar-refractivity contribution >= 4 is 37.7 Å². The highest BCUT2D eigenvalue weighted by Crippen LogP contribution is 2.23. The molecular weight excluding hydrogens is 354 g/mol. The first-order valence-corrected chi connectivity index (χ1v) is 8.48. The van der Waals surface area contributed by atoms with Crippen molar-refractivity contribution in [2.24, 2.45) is 5.14 Å². The van der Waals surface area contributed by atoms with E-state index in [1.54, 1.807) is 0 Å². The highest BCUT2D eigenvalue weighted by atomic mass is 79.9. The number of nitrogens with zero attached hydrogens (tertiary/aromatic N) is 2. The van der Waals surface area contributed by atoms with Crippen molar-refractivity contribution in [3.8, 4) is 0 Å². The highest BCUT2D eigenvalue weighted by Gasteiger charge is 2.24. The lowest BCUT2D eigenvalue weighted by Gasteiger charge is -2.33. The second-order valence-corrected chi connectivity index (χ2v) is 7.33. The van der Waals surface area contributed by atoms with Gasteiger partial charge in [-0.25, -0.2) is 5.14 Å². The molecule has 1 saturated heterocycles. The van der Waals surface area contributed by atoms with Crippen LogP contribution < -0.4 is 5.14 Å². The summed E-state index contributed by atoms with van der Waals surface area (Å²) in [5, 5.41) is 5.81. The maximum Gasteiger partial charge on any atom is 0.276 e. The van der Waals surface area contributed by atoms with Gasteiger partial charge in [-0.3, -0.25) is 4.90 Å². The quantitative estimate of drug-likeness (QED) is 0.877. The molecule has 1 heterocycles. The summed E-state index contributed by atoms with van der Waals surface area (Å²) < 4.78 is 24.6. The monoisotopic (exact) mass is 367 g/mol. The summed E-state index contributed by atoms with van der Waals surface area (Å²) in [5.41, 5.74) is 1.04. The van der Waals surface area contributed by atoms with Gasteiger partial charge in [0.25, 0.3) is 10.2 Å². The predicted octanol–water partition coefficient (Wildman–Crippen LogP) is 1.42. The molecule has 2 N–H and O–H groups in total. The molecule has 0 amide bonds. The molecule has 106 valence electrons. The smallest absolute Gasteiger partial charge is 0.276 e. The van der Waals surface area contributed by atoms with Gasteiger partial charge in [0, 0.05) is 42.2 Å². The van der Waals surface area contributed by atoms with Crippen LogP contribution in [0.15, 0.2) is 22.7 Å². The number of piperazine rings is 1. The molecule has 5 nitrogen and oxygen atoms in total. The van der Waals surface area contributed by atoms with Gasteiger partial charge in [0.1, 0.15) is 0 Å². The van der Waals surface area contributed by atoms with Gasteiger partial charge in [0.05, 0.1) is 0 Å². The second kappa shape index (κ2) is 6.07. The van der Waals surface area contributed by atoms with Crippen molar-refractivity contribution in [2.45, 2.75) is 6.54 Å². The summed E-state index contributed by atoms with van der Waals surface area (Å²) in [7, 11) is -3.56. The summed E-state index contributed by atoms with van der Waals surface area (Å²) in [4.78, 5) is 2.16. The van der Waals surface area contributed by atoms with Crippen molar-refractivity contribution in [3.05, 3.63) is 33.3 Å². The number of benzene rings is 1. The van der Waals surface area contributed by atoms with Gasteiger partial charge < -0.3 is 0 Å². The van der Waals surface area contributed by atoms with Crippen LogP contribution in [0, 0.1) is 0 Å². The average molecular weight is 369 g/mol. The van der Waals surface area contributed by atoms with E-state index in [1.165, 1.54) is 4.31 Å². The van der Waals surface area contributed by atoms with Gasteiger partial charge in [-0.2, -0.15) is 12.7 Å². The SMILES string of the molecule is NS(=O)(=O)N1CCN(Cc2ccc(Br)cc2Cl)CC1. The average Bonchev–Trinajstić information content (AvgIpc) is 2.32. The van der Waals surface area contributed by atoms with E-state index in [2.05, 4.69) is 20.8 Å². The Morgan fingerprint density at radius 3 is 2.42 bits per heavy atom. The largest absolute Gasteiger partial charge is 0.296 e. The molecule has 0 saturated carbocycles. The second-order valence-electron chi connectivity index (χ2n) is 4.46. The topological polar surface area (TPSA) is 66.6 Å². The molecule has 1 fully saturated rings. The van der Waals surface area contributed by atoms with Crippen LogP contribution in [0.4, 0.5) is 0 Å². The van der Waals surface area contributed by atoms with Crippen LogP contribution in [0.3, 0.4) is 0 Å². The zero-order valence-corrected chi connectivity index (χ0v) is 13.4. The van der Waals surface area contributed by atoms with E-state index in [0.717, 1.165) is 10.0 Å². The van der Waals surface area contributed by atoms with Gasteiger partial charge >= 0.3 is 0 Å². The van der Waals surface area contributed by atoms with Gasteiger partial charge in [0.2, 0.25) is 0 Å². The van der Waals surface area contributed by atoms with Crippen molar-refractivity contribution in [1.29, 1.82) is 0 Å². The van der Waals surface area contributed by atoms with E-state index in [1.807, 2.05) is 18.2 Å². The van der Waals surface area contributed by atoms with Crippen LogP contribution in [0.25, 0.3) is 0 Å². The lowest BCUT2D eigenvalue weighted by atomic mass is 10.2. The first-order chi connectivity index (χ1) is 8.86. The molecule has 1 aliphatic heterocycles. The van der Waals surface area contributed by atoms with Crippen molar-refractivity contribution < 1.29 is 8.42 Å². The number of nitrogens with two attached hydrogens (primary N) is 1. The summed E-state index contributed by atoms with van der Waals surface area (Å²) >= 11 is 9.53. The predicted molar refractivity (Wildman–Crippen MR) is 79.1 cm³/mol. The Labute approximate surface area is 126 Å². The van der Waals surface area contributed by atoms with E-state index < -0.39 is 10.2 Å². The lowest BCUT2D eigenvalue weighted by Crippen LogP contribution is -2.50. The number of hydrogen-bond donors (Lipinski definition) is 1. The maximum atomic E-state index is 11.2. The zero-order chi connectivity index (χ0) is 14.0. The van der Waals surface area contributed by atoms with Crippen LogP contribution >= 0.6 is 27.5 Å². The minimum absolute atomic E-state index is 0.424. The third-order valence-corrected chi connectivity index (χ3v) is 5.03. The van der Waals surface area contributed by atoms with Gasteiger partial charge in [-0.15, -0.1) is 0 Å². The van der Waals surface area contributed by atoms with Gasteiger partial charge in [-0.1, -0.05) is 33.6 Å². The number of hydrogen-bond acceptors (Lipinski definition) is 3. The van der Waals surface area contributed by atoms with Gasteiger partial charge in [-0.05, 0) is 17.7 Å². The Bertz CT molecular complexity index is 559. The molecule has 0 aliphatic carbocycles. The Balaban J connectivity index is 1.96. The van der Waals surface area contributed by atoms with Crippen LogP contribution in [0.5, 0.6) is 0 Å². The Hall–Kier alpha value is -0.180. The summed E-state index contributed by atoms with van der Waals surface area (Å²) in [6.07, 6.45) is 0. The van der Waals surface area contributed by atoms with E-state index in [4.69, 9.17) is 16.7 Å². The summed E-state index contributed by atoms with van der Waals surface area (Å²) in [6, 6.07) is 5.78. The molecule has 8 heteroatoms. The third-order valence-electron chi connectivity index (χ3n) is 3.10. The maximum absolute atomic E-state index is 11.2. The van der Waals surface area contributed by atoms with E-state index in [-0.39, 0.29) is 0 Å². The Kier molecular flexibility index (Phi) is 4.86. The normalized spacial score (nSPS) is 18.7. The molecule has 0 aromatic heterocycles. The molecular formula is C11H15BrClN3O2S. The van der Waals surface area contributed by atoms with Crippen molar-refractivity contribution in [3.63, 3.8) is 0 Å². The first-order valence-electron chi connectivity index (χ1n) is 5.80. The van der Waals surface area contributed by atoms with Crippen molar-refractivity contribution in [2.75, 3.05) is 26.2 Å². The summed E-state index contributed by atoms with van der Waals surface area (Å²) in [5.74, 6) is 0. The molecule has 1 aliphatic rings. The highest BCUT2D eigenvalue weighted by molar-refractivity contribution is 9.10. The first kappa shape index (κ1) is 15.2. The standard InChI is InChI=1S/C11H15BrClN3O2S/c12-10-2-1-9(11(13)7-10)8-15-3-5-16(6-4-15)19(14,17)18/h1-2,7H,3-6,8H2,(H2,14,17,18). The molecule has 1 aromatic rings. The molecule has 19 heavy (non-hydrogen) atoms. The number of halogens is 2. The van der Waals surface area contributed by atoms with Gasteiger partial charge in [0.15, 0.2) is 0 Å². The minimum atomic E-state index is -3.56. The Morgan fingerprint density at radius 2 is 1.89 bits per heavy atom. The van der Waals surface area contributed by atoms with E-state index in [9.17, 15) is 8.42 Å². The molecule has 1 aromatic carbocycles. The van der Waals surface area contributed by atoms with E-state index >= 15 is 0 Å². The molecule has 0 spiro atoms. The molecule has 0 unspecified atom stereocenters. The molecule has 0 radical (unpaired) electrons. The van der Waals surface area contributed by atoms with Crippen LogP contribution in [-0.4, -0.2) is 43.8 Å². The fourth-order valence-electron chi connectivity index (χ4n) is 2.03. The lowest BCUT2D eigenvalue weighted by molar-refractivity contribution is 0.181. The fourth-order valence-corrected chi connectivity index (χ4v) is 3.44. The molecule has 0 bridgehead atoms. The van der Waals surface area contributed by atoms with Crippen molar-refractivity contribution in [1.82, 2.24) is 9.21 Å². The summed E-state index contributed by atoms with van der Waals surface area (Å²) in [6.45, 7) is 2.87. The molecule has 0 atom stereocenters. The fraction of sp³-hybridized carbons (Fsp3) is 0.455. The Morgan fingerprint density at radius 1 is 1.26 bits per heavy atom. The molecule has 2 rings (SSSR count).